The second-order valence-corrected chi connectivity index (χ2v) is 4.41. The molecule has 2 atom stereocenters. The van der Waals surface area contributed by atoms with E-state index in [2.05, 4.69) is 18.3 Å². The molecule has 1 aromatic carbocycles. The Kier molecular flexibility index (Phi) is 3.34. The van der Waals surface area contributed by atoms with Crippen molar-refractivity contribution in [2.75, 3.05) is 20.8 Å². The van der Waals surface area contributed by atoms with Crippen LogP contribution in [0.2, 0.25) is 0 Å². The summed E-state index contributed by atoms with van der Waals surface area (Å²) in [6.45, 7) is 3.35. The van der Waals surface area contributed by atoms with Crippen LogP contribution in [0.25, 0.3) is 0 Å². The largest absolute Gasteiger partial charge is 0.497 e. The number of benzene rings is 1. The van der Waals surface area contributed by atoms with E-state index in [1.165, 1.54) is 12.0 Å². The Labute approximate surface area is 96.8 Å². The highest BCUT2D eigenvalue weighted by Crippen LogP contribution is 2.34. The molecule has 2 rings (SSSR count). The van der Waals surface area contributed by atoms with Crippen LogP contribution in [-0.4, -0.2) is 20.8 Å². The molecule has 3 heteroatoms. The van der Waals surface area contributed by atoms with E-state index >= 15 is 0 Å². The van der Waals surface area contributed by atoms with Crippen molar-refractivity contribution in [3.8, 4) is 11.5 Å². The van der Waals surface area contributed by atoms with E-state index in [-0.39, 0.29) is 0 Å². The van der Waals surface area contributed by atoms with Crippen molar-refractivity contribution in [2.45, 2.75) is 19.4 Å². The van der Waals surface area contributed by atoms with Gasteiger partial charge in [0.15, 0.2) is 0 Å². The van der Waals surface area contributed by atoms with Gasteiger partial charge in [0.25, 0.3) is 0 Å². The summed E-state index contributed by atoms with van der Waals surface area (Å²) in [6, 6.07) is 6.44. The van der Waals surface area contributed by atoms with E-state index in [1.807, 2.05) is 12.1 Å². The average molecular weight is 221 g/mol. The van der Waals surface area contributed by atoms with Gasteiger partial charge in [-0.25, -0.2) is 0 Å². The fraction of sp³-hybridized carbons (Fsp3) is 0.538. The molecule has 88 valence electrons. The molecule has 0 saturated carbocycles. The zero-order chi connectivity index (χ0) is 11.5. The van der Waals surface area contributed by atoms with Crippen molar-refractivity contribution < 1.29 is 9.47 Å². The molecule has 0 amide bonds. The van der Waals surface area contributed by atoms with Crippen LogP contribution in [0.15, 0.2) is 18.2 Å². The Balaban J connectivity index is 2.26. The summed E-state index contributed by atoms with van der Waals surface area (Å²) in [6.07, 6.45) is 1.17. The third-order valence-corrected chi connectivity index (χ3v) is 3.17. The maximum absolute atomic E-state index is 5.42. The van der Waals surface area contributed by atoms with Crippen molar-refractivity contribution >= 4 is 0 Å². The van der Waals surface area contributed by atoms with Crippen molar-refractivity contribution in [3.05, 3.63) is 23.8 Å². The van der Waals surface area contributed by atoms with Gasteiger partial charge in [-0.15, -0.1) is 0 Å². The van der Waals surface area contributed by atoms with Gasteiger partial charge in [-0.05, 0) is 24.9 Å². The Bertz CT molecular complexity index is 365. The van der Waals surface area contributed by atoms with Gasteiger partial charge in [0.2, 0.25) is 0 Å². The molecule has 16 heavy (non-hydrogen) atoms. The van der Waals surface area contributed by atoms with E-state index in [0.29, 0.717) is 6.04 Å². The predicted octanol–water partition coefficient (Wildman–Crippen LogP) is 2.37. The van der Waals surface area contributed by atoms with E-state index in [9.17, 15) is 0 Å². The molecule has 1 fully saturated rings. The van der Waals surface area contributed by atoms with Crippen molar-refractivity contribution in [1.82, 2.24) is 5.32 Å². The lowest BCUT2D eigenvalue weighted by molar-refractivity contribution is 0.386. The molecular formula is C13H19NO2. The topological polar surface area (TPSA) is 30.5 Å². The summed E-state index contributed by atoms with van der Waals surface area (Å²) in [7, 11) is 3.38. The smallest absolute Gasteiger partial charge is 0.127 e. The minimum atomic E-state index is 0.413. The Hall–Kier alpha value is -1.22. The first-order valence-corrected chi connectivity index (χ1v) is 5.70. The number of hydrogen-bond acceptors (Lipinski definition) is 3. The van der Waals surface area contributed by atoms with Crippen LogP contribution >= 0.6 is 0 Å². The highest BCUT2D eigenvalue weighted by atomic mass is 16.5. The van der Waals surface area contributed by atoms with Gasteiger partial charge >= 0.3 is 0 Å². The summed E-state index contributed by atoms with van der Waals surface area (Å²) >= 11 is 0. The Morgan fingerprint density at radius 3 is 2.62 bits per heavy atom. The number of hydrogen-bond donors (Lipinski definition) is 1. The van der Waals surface area contributed by atoms with Gasteiger partial charge in [-0.1, -0.05) is 13.0 Å². The molecule has 1 saturated heterocycles. The monoisotopic (exact) mass is 221 g/mol. The number of methoxy groups -OCH3 is 2. The standard InChI is InChI=1S/C13H19NO2/c1-9-6-12(14-8-9)11-5-4-10(15-2)7-13(11)16-3/h4-5,7,9,12,14H,6,8H2,1-3H3/t9-,12+/m1/s1. The quantitative estimate of drug-likeness (QED) is 0.850. The first kappa shape index (κ1) is 11.3. The molecular weight excluding hydrogens is 202 g/mol. The maximum Gasteiger partial charge on any atom is 0.127 e. The molecule has 0 bridgehead atoms. The summed E-state index contributed by atoms with van der Waals surface area (Å²) in [4.78, 5) is 0. The van der Waals surface area contributed by atoms with Crippen LogP contribution in [0.3, 0.4) is 0 Å². The van der Waals surface area contributed by atoms with Gasteiger partial charge in [-0.3, -0.25) is 0 Å². The van der Waals surface area contributed by atoms with Crippen LogP contribution < -0.4 is 14.8 Å². The summed E-state index contributed by atoms with van der Waals surface area (Å²) < 4.78 is 10.6. The lowest BCUT2D eigenvalue weighted by Crippen LogP contribution is -2.14. The number of nitrogens with one attached hydrogen (secondary N) is 1. The van der Waals surface area contributed by atoms with Gasteiger partial charge in [0.05, 0.1) is 14.2 Å². The lowest BCUT2D eigenvalue weighted by atomic mass is 10.0. The predicted molar refractivity (Wildman–Crippen MR) is 64.1 cm³/mol. The molecule has 0 spiro atoms. The van der Waals surface area contributed by atoms with E-state index < -0.39 is 0 Å². The zero-order valence-electron chi connectivity index (χ0n) is 10.1. The molecule has 1 N–H and O–H groups in total. The third kappa shape index (κ3) is 2.14. The fourth-order valence-corrected chi connectivity index (χ4v) is 2.26. The van der Waals surface area contributed by atoms with Gasteiger partial charge in [0.1, 0.15) is 11.5 Å². The summed E-state index contributed by atoms with van der Waals surface area (Å²) in [5.41, 5.74) is 1.23. The maximum atomic E-state index is 5.42. The van der Waals surface area contributed by atoms with E-state index in [1.54, 1.807) is 14.2 Å². The molecule has 1 aliphatic heterocycles. The van der Waals surface area contributed by atoms with Crippen molar-refractivity contribution in [3.63, 3.8) is 0 Å². The van der Waals surface area contributed by atoms with Crippen molar-refractivity contribution in [1.29, 1.82) is 0 Å². The molecule has 0 aromatic heterocycles. The van der Waals surface area contributed by atoms with Crippen LogP contribution in [0.5, 0.6) is 11.5 Å². The number of ether oxygens (including phenoxy) is 2. The minimum absolute atomic E-state index is 0.413. The van der Waals surface area contributed by atoms with Crippen LogP contribution in [0, 0.1) is 5.92 Å². The first-order valence-electron chi connectivity index (χ1n) is 5.70. The Morgan fingerprint density at radius 2 is 2.06 bits per heavy atom. The van der Waals surface area contributed by atoms with E-state index in [4.69, 9.17) is 9.47 Å². The molecule has 0 radical (unpaired) electrons. The SMILES string of the molecule is COc1ccc([C@@H]2C[C@@H](C)CN2)c(OC)c1. The molecule has 1 aliphatic rings. The van der Waals surface area contributed by atoms with Gasteiger partial charge in [-0.2, -0.15) is 0 Å². The van der Waals surface area contributed by atoms with Gasteiger partial charge < -0.3 is 14.8 Å². The second-order valence-electron chi connectivity index (χ2n) is 4.41. The molecule has 0 aliphatic carbocycles. The average Bonchev–Trinajstić information content (AvgIpc) is 2.74. The minimum Gasteiger partial charge on any atom is -0.497 e. The first-order chi connectivity index (χ1) is 7.74. The highest BCUT2D eigenvalue weighted by Gasteiger charge is 2.24. The summed E-state index contributed by atoms with van der Waals surface area (Å²) in [5.74, 6) is 2.48. The Morgan fingerprint density at radius 1 is 1.25 bits per heavy atom. The lowest BCUT2D eigenvalue weighted by Gasteiger charge is -2.16. The normalized spacial score (nSPS) is 24.4. The summed E-state index contributed by atoms with van der Waals surface area (Å²) in [5, 5.41) is 3.51. The molecule has 1 heterocycles. The number of rotatable bonds is 3. The molecule has 0 unspecified atom stereocenters. The fourth-order valence-electron chi connectivity index (χ4n) is 2.26. The highest BCUT2D eigenvalue weighted by molar-refractivity contribution is 5.42. The van der Waals surface area contributed by atoms with Crippen LogP contribution in [-0.2, 0) is 0 Å². The molecule has 1 aromatic rings. The van der Waals surface area contributed by atoms with Crippen LogP contribution in [0.1, 0.15) is 24.9 Å². The van der Waals surface area contributed by atoms with Crippen LogP contribution in [0.4, 0.5) is 0 Å². The van der Waals surface area contributed by atoms with Crippen molar-refractivity contribution in [2.24, 2.45) is 5.92 Å². The third-order valence-electron chi connectivity index (χ3n) is 3.17. The zero-order valence-corrected chi connectivity index (χ0v) is 10.1. The second kappa shape index (κ2) is 4.74. The van der Waals surface area contributed by atoms with E-state index in [0.717, 1.165) is 24.0 Å². The molecule has 3 nitrogen and oxygen atoms in total. The van der Waals surface area contributed by atoms with Gasteiger partial charge in [0, 0.05) is 17.7 Å².